The minimum Gasteiger partial charge on any atom is -0.381 e. The molecule has 0 aliphatic carbocycles. The van der Waals surface area contributed by atoms with Gasteiger partial charge in [-0.2, -0.15) is 0 Å². The Hall–Kier alpha value is -0.0800. The first-order valence-corrected chi connectivity index (χ1v) is 5.64. The zero-order valence-electron chi connectivity index (χ0n) is 8.64. The fourth-order valence-corrected chi connectivity index (χ4v) is 2.67. The molecule has 2 unspecified atom stereocenters. The summed E-state index contributed by atoms with van der Waals surface area (Å²) in [5.74, 6) is 0.751. The van der Waals surface area contributed by atoms with Gasteiger partial charge in [-0.25, -0.2) is 0 Å². The van der Waals surface area contributed by atoms with Crippen molar-refractivity contribution in [3.05, 3.63) is 0 Å². The predicted molar refractivity (Wildman–Crippen MR) is 53.8 cm³/mol. The van der Waals surface area contributed by atoms with Crippen LogP contribution in [0.3, 0.4) is 0 Å². The van der Waals surface area contributed by atoms with Gasteiger partial charge in [0.1, 0.15) is 0 Å². The zero-order valence-corrected chi connectivity index (χ0v) is 8.64. The molecule has 0 aromatic heterocycles. The number of hydrogen-bond donors (Lipinski definition) is 1. The highest BCUT2D eigenvalue weighted by Crippen LogP contribution is 2.32. The van der Waals surface area contributed by atoms with E-state index in [0.717, 1.165) is 19.1 Å². The first-order chi connectivity index (χ1) is 6.31. The van der Waals surface area contributed by atoms with Crippen LogP contribution in [-0.4, -0.2) is 25.3 Å². The molecule has 0 aromatic carbocycles. The minimum atomic E-state index is 0.374. The first kappa shape index (κ1) is 9.47. The highest BCUT2D eigenvalue weighted by molar-refractivity contribution is 4.93. The molecule has 0 spiro atoms. The molecule has 2 atom stereocenters. The van der Waals surface area contributed by atoms with Crippen LogP contribution < -0.4 is 5.32 Å². The predicted octanol–water partition coefficient (Wildman–Crippen LogP) is 1.95. The van der Waals surface area contributed by atoms with Crippen molar-refractivity contribution >= 4 is 0 Å². The van der Waals surface area contributed by atoms with Crippen molar-refractivity contribution in [1.29, 1.82) is 0 Å². The topological polar surface area (TPSA) is 21.3 Å². The molecule has 2 heteroatoms. The molecule has 13 heavy (non-hydrogen) atoms. The van der Waals surface area contributed by atoms with E-state index in [2.05, 4.69) is 12.2 Å². The maximum absolute atomic E-state index is 5.56. The summed E-state index contributed by atoms with van der Waals surface area (Å²) < 4.78 is 5.56. The van der Waals surface area contributed by atoms with E-state index in [4.69, 9.17) is 4.74 Å². The molecule has 0 aromatic rings. The molecule has 2 nitrogen and oxygen atoms in total. The number of hydrogen-bond acceptors (Lipinski definition) is 2. The van der Waals surface area contributed by atoms with Crippen LogP contribution in [-0.2, 0) is 4.74 Å². The van der Waals surface area contributed by atoms with Crippen LogP contribution in [0.25, 0.3) is 0 Å². The van der Waals surface area contributed by atoms with Gasteiger partial charge in [0, 0.05) is 18.1 Å². The lowest BCUT2D eigenvalue weighted by Gasteiger charge is -2.43. The van der Waals surface area contributed by atoms with Gasteiger partial charge in [0.05, 0.1) is 6.61 Å². The zero-order chi connectivity index (χ0) is 9.15. The van der Waals surface area contributed by atoms with Gasteiger partial charge in [-0.15, -0.1) is 0 Å². The summed E-state index contributed by atoms with van der Waals surface area (Å²) in [6.45, 7) is 5.54. The van der Waals surface area contributed by atoms with Crippen molar-refractivity contribution in [3.8, 4) is 0 Å². The van der Waals surface area contributed by atoms with E-state index < -0.39 is 0 Å². The van der Waals surface area contributed by atoms with Crippen LogP contribution in [0.15, 0.2) is 0 Å². The van der Waals surface area contributed by atoms with Crippen molar-refractivity contribution in [2.45, 2.75) is 44.6 Å². The Balaban J connectivity index is 1.94. The van der Waals surface area contributed by atoms with Gasteiger partial charge < -0.3 is 10.1 Å². The monoisotopic (exact) mass is 183 g/mol. The highest BCUT2D eigenvalue weighted by Gasteiger charge is 2.35. The lowest BCUT2D eigenvalue weighted by molar-refractivity contribution is 0.00735. The third-order valence-corrected chi connectivity index (χ3v) is 3.71. The van der Waals surface area contributed by atoms with Gasteiger partial charge >= 0.3 is 0 Å². The van der Waals surface area contributed by atoms with E-state index in [9.17, 15) is 0 Å². The number of nitrogens with one attached hydrogen (secondary N) is 1. The third kappa shape index (κ3) is 2.05. The summed E-state index contributed by atoms with van der Waals surface area (Å²) in [5, 5.41) is 3.69. The van der Waals surface area contributed by atoms with E-state index in [0.29, 0.717) is 5.54 Å². The molecule has 2 aliphatic heterocycles. The van der Waals surface area contributed by atoms with Gasteiger partial charge in [-0.05, 0) is 39.2 Å². The maximum Gasteiger partial charge on any atom is 0.0511 e. The fraction of sp³-hybridized carbons (Fsp3) is 1.00. The van der Waals surface area contributed by atoms with Gasteiger partial charge in [0.25, 0.3) is 0 Å². The second-order valence-corrected chi connectivity index (χ2v) is 4.72. The molecule has 0 bridgehead atoms. The summed E-state index contributed by atoms with van der Waals surface area (Å²) in [6.07, 6.45) is 6.68. The summed E-state index contributed by atoms with van der Waals surface area (Å²) in [4.78, 5) is 0. The van der Waals surface area contributed by atoms with Gasteiger partial charge in [0.2, 0.25) is 0 Å². The normalized spacial score (nSPS) is 41.8. The molecule has 2 aliphatic rings. The van der Waals surface area contributed by atoms with E-state index >= 15 is 0 Å². The van der Waals surface area contributed by atoms with Crippen LogP contribution in [0.2, 0.25) is 0 Å². The molecule has 76 valence electrons. The fourth-order valence-electron chi connectivity index (χ4n) is 2.67. The lowest BCUT2D eigenvalue weighted by Crippen LogP contribution is -2.53. The molecule has 2 fully saturated rings. The van der Waals surface area contributed by atoms with Crippen molar-refractivity contribution in [3.63, 3.8) is 0 Å². The van der Waals surface area contributed by atoms with Crippen molar-refractivity contribution in [1.82, 2.24) is 5.32 Å². The minimum absolute atomic E-state index is 0.374. The number of rotatable bonds is 1. The largest absolute Gasteiger partial charge is 0.381 e. The van der Waals surface area contributed by atoms with Crippen LogP contribution in [0.1, 0.15) is 39.0 Å². The summed E-state index contributed by atoms with van der Waals surface area (Å²) in [7, 11) is 0. The number of ether oxygens (including phenoxy) is 1. The van der Waals surface area contributed by atoms with Crippen molar-refractivity contribution in [2.24, 2.45) is 5.92 Å². The Labute approximate surface area is 81.0 Å². The van der Waals surface area contributed by atoms with Crippen LogP contribution in [0.5, 0.6) is 0 Å². The smallest absolute Gasteiger partial charge is 0.0511 e. The van der Waals surface area contributed by atoms with E-state index in [1.807, 2.05) is 0 Å². The average molecular weight is 183 g/mol. The average Bonchev–Trinajstić information content (AvgIpc) is 2.20. The van der Waals surface area contributed by atoms with Crippen LogP contribution >= 0.6 is 0 Å². The van der Waals surface area contributed by atoms with Gasteiger partial charge in [-0.1, -0.05) is 6.42 Å². The summed E-state index contributed by atoms with van der Waals surface area (Å²) in [5.41, 5.74) is 0.374. The van der Waals surface area contributed by atoms with Crippen LogP contribution in [0.4, 0.5) is 0 Å². The molecular formula is C11H21NO. The summed E-state index contributed by atoms with van der Waals surface area (Å²) >= 11 is 0. The Kier molecular flexibility index (Phi) is 2.89. The molecule has 0 saturated carbocycles. The molecular weight excluding hydrogens is 162 g/mol. The molecule has 0 radical (unpaired) electrons. The molecule has 2 saturated heterocycles. The van der Waals surface area contributed by atoms with Crippen molar-refractivity contribution in [2.75, 3.05) is 19.8 Å². The second kappa shape index (κ2) is 3.97. The SMILES string of the molecule is CC1(C2CCCOC2)CCCCN1. The molecule has 1 N–H and O–H groups in total. The van der Waals surface area contributed by atoms with Crippen LogP contribution in [0, 0.1) is 5.92 Å². The Morgan fingerprint density at radius 1 is 1.31 bits per heavy atom. The van der Waals surface area contributed by atoms with Crippen molar-refractivity contribution < 1.29 is 4.74 Å². The Morgan fingerprint density at radius 3 is 2.85 bits per heavy atom. The molecule has 2 rings (SSSR count). The van der Waals surface area contributed by atoms with E-state index in [1.165, 1.54) is 38.6 Å². The van der Waals surface area contributed by atoms with E-state index in [-0.39, 0.29) is 0 Å². The van der Waals surface area contributed by atoms with Gasteiger partial charge in [0.15, 0.2) is 0 Å². The second-order valence-electron chi connectivity index (χ2n) is 4.72. The maximum atomic E-state index is 5.56. The lowest BCUT2D eigenvalue weighted by atomic mass is 9.76. The molecule has 2 heterocycles. The van der Waals surface area contributed by atoms with Gasteiger partial charge in [-0.3, -0.25) is 0 Å². The third-order valence-electron chi connectivity index (χ3n) is 3.71. The number of piperidine rings is 1. The Morgan fingerprint density at radius 2 is 2.23 bits per heavy atom. The standard InChI is InChI=1S/C11H21NO/c1-11(6-2-3-7-12-11)10-5-4-8-13-9-10/h10,12H,2-9H2,1H3. The quantitative estimate of drug-likeness (QED) is 0.671. The first-order valence-electron chi connectivity index (χ1n) is 5.64. The highest BCUT2D eigenvalue weighted by atomic mass is 16.5. The Bertz CT molecular complexity index is 157. The summed E-state index contributed by atoms with van der Waals surface area (Å²) in [6, 6.07) is 0. The molecule has 0 amide bonds. The van der Waals surface area contributed by atoms with E-state index in [1.54, 1.807) is 0 Å².